The van der Waals surface area contributed by atoms with E-state index in [1.165, 1.54) is 45.4 Å². The first kappa shape index (κ1) is 22.1. The van der Waals surface area contributed by atoms with E-state index in [9.17, 15) is 15.0 Å². The van der Waals surface area contributed by atoms with Gasteiger partial charge in [0.1, 0.15) is 11.8 Å². The number of pyridine rings is 1. The van der Waals surface area contributed by atoms with Gasteiger partial charge in [0.15, 0.2) is 0 Å². The second-order valence-electron chi connectivity index (χ2n) is 6.56. The number of aliphatic hydroxyl groups is 2. The Morgan fingerprint density at radius 2 is 1.88 bits per heavy atom. The molecule has 1 heterocycles. The summed E-state index contributed by atoms with van der Waals surface area (Å²) in [5.41, 5.74) is 0.976. The highest BCUT2D eigenvalue weighted by atomic mass is 16.3. The minimum atomic E-state index is -1.08. The van der Waals surface area contributed by atoms with Gasteiger partial charge in [-0.25, -0.2) is 4.98 Å². The maximum Gasteiger partial charge on any atom is 0.217 e. The van der Waals surface area contributed by atoms with Crippen molar-refractivity contribution < 1.29 is 15.0 Å². The van der Waals surface area contributed by atoms with Gasteiger partial charge in [-0.3, -0.25) is 4.79 Å². The van der Waals surface area contributed by atoms with Crippen LogP contribution in [0.4, 0.5) is 0 Å². The van der Waals surface area contributed by atoms with Crippen LogP contribution in [0.5, 0.6) is 0 Å². The first-order valence-corrected chi connectivity index (χ1v) is 9.60. The quantitative estimate of drug-likeness (QED) is 0.418. The lowest BCUT2D eigenvalue weighted by atomic mass is 10.1. The summed E-state index contributed by atoms with van der Waals surface area (Å²) in [4.78, 5) is 15.5. The molecule has 1 amide bonds. The lowest BCUT2D eigenvalue weighted by Gasteiger charge is -2.21. The molecule has 0 saturated heterocycles. The normalized spacial score (nSPS) is 12.8. The first-order chi connectivity index (χ1) is 12.6. The summed E-state index contributed by atoms with van der Waals surface area (Å²) >= 11 is 0. The Balaban J connectivity index is 2.48. The van der Waals surface area contributed by atoms with E-state index in [0.29, 0.717) is 11.4 Å². The smallest absolute Gasteiger partial charge is 0.217 e. The lowest BCUT2D eigenvalue weighted by Crippen LogP contribution is -2.41. The van der Waals surface area contributed by atoms with Crippen LogP contribution in [-0.4, -0.2) is 33.8 Å². The van der Waals surface area contributed by atoms with Crippen LogP contribution >= 0.6 is 0 Å². The number of amides is 1. The summed E-state index contributed by atoms with van der Waals surface area (Å²) in [6.45, 7) is 3.20. The summed E-state index contributed by atoms with van der Waals surface area (Å²) < 4.78 is 0. The lowest BCUT2D eigenvalue weighted by molar-refractivity contribution is -0.121. The Hall–Kier alpha value is -1.90. The number of carbonyl (C=O) groups is 1. The molecule has 144 valence electrons. The summed E-state index contributed by atoms with van der Waals surface area (Å²) in [7, 11) is 0. The predicted molar refractivity (Wildman–Crippen MR) is 103 cm³/mol. The van der Waals surface area contributed by atoms with Gasteiger partial charge in [0.2, 0.25) is 5.91 Å². The zero-order valence-electron chi connectivity index (χ0n) is 16.0. The van der Waals surface area contributed by atoms with Gasteiger partial charge in [-0.15, -0.1) is 0 Å². The zero-order chi connectivity index (χ0) is 19.2. The maximum absolute atomic E-state index is 11.1. The molecule has 1 aromatic heterocycles. The molecule has 2 atom stereocenters. The van der Waals surface area contributed by atoms with Crippen molar-refractivity contribution in [2.24, 2.45) is 0 Å². The topological polar surface area (TPSA) is 82.5 Å². The Kier molecular flexibility index (Phi) is 11.3. The van der Waals surface area contributed by atoms with Crippen LogP contribution < -0.4 is 5.32 Å². The van der Waals surface area contributed by atoms with Crippen molar-refractivity contribution in [1.29, 1.82) is 0 Å². The number of nitrogens with zero attached hydrogens (tertiary/aromatic N) is 1. The van der Waals surface area contributed by atoms with Crippen LogP contribution in [-0.2, 0) is 4.79 Å². The number of carbonyl (C=O) groups excluding carboxylic acids is 1. The van der Waals surface area contributed by atoms with Gasteiger partial charge in [0, 0.05) is 13.3 Å². The van der Waals surface area contributed by atoms with Crippen LogP contribution in [0.3, 0.4) is 0 Å². The third kappa shape index (κ3) is 8.98. The van der Waals surface area contributed by atoms with Gasteiger partial charge in [0.25, 0.3) is 0 Å². The molecule has 26 heavy (non-hydrogen) atoms. The zero-order valence-corrected chi connectivity index (χ0v) is 16.0. The molecule has 0 bridgehead atoms. The summed E-state index contributed by atoms with van der Waals surface area (Å²) in [6.07, 6.45) is 8.57. The Morgan fingerprint density at radius 1 is 1.19 bits per heavy atom. The molecule has 2 unspecified atom stereocenters. The fourth-order valence-electron chi connectivity index (χ4n) is 2.70. The molecule has 0 radical (unpaired) electrons. The molecule has 1 rings (SSSR count). The minimum Gasteiger partial charge on any atom is -0.394 e. The summed E-state index contributed by atoms with van der Waals surface area (Å²) in [6, 6.07) is 4.44. The third-order valence-corrected chi connectivity index (χ3v) is 4.16. The molecule has 0 fully saturated rings. The molecule has 0 spiro atoms. The van der Waals surface area contributed by atoms with E-state index in [1.807, 2.05) is 0 Å². The van der Waals surface area contributed by atoms with E-state index in [1.54, 1.807) is 18.2 Å². The number of aliphatic hydroxyl groups excluding tert-OH is 2. The summed E-state index contributed by atoms with van der Waals surface area (Å²) in [5, 5.41) is 22.2. The number of hydrogen-bond donors (Lipinski definition) is 3. The van der Waals surface area contributed by atoms with Crippen molar-refractivity contribution in [2.75, 3.05) is 6.61 Å². The third-order valence-electron chi connectivity index (χ3n) is 4.16. The highest BCUT2D eigenvalue weighted by Gasteiger charge is 2.22. The largest absolute Gasteiger partial charge is 0.394 e. The molecule has 1 aromatic rings. The standard InChI is InChI=1S/C21H32N2O3/c1-3-4-5-6-7-8-9-10-11-13-18-14-12-15-19(23-18)21(26)20(16-24)22-17(2)25/h12,14-15,20-21,24,26H,3-10,16H2,1-2H3,(H,22,25). The molecule has 5 nitrogen and oxygen atoms in total. The number of aromatic nitrogens is 1. The van der Waals surface area contributed by atoms with Crippen LogP contribution in [0.15, 0.2) is 18.2 Å². The Morgan fingerprint density at radius 3 is 2.54 bits per heavy atom. The van der Waals surface area contributed by atoms with Gasteiger partial charge in [-0.2, -0.15) is 0 Å². The van der Waals surface area contributed by atoms with Crippen molar-refractivity contribution >= 4 is 5.91 Å². The Bertz CT molecular complexity index is 592. The second-order valence-corrected chi connectivity index (χ2v) is 6.56. The van der Waals surface area contributed by atoms with Gasteiger partial charge in [-0.1, -0.05) is 57.4 Å². The molecular formula is C21H32N2O3. The van der Waals surface area contributed by atoms with Crippen LogP contribution in [0.25, 0.3) is 0 Å². The molecule has 0 aliphatic rings. The fraction of sp³-hybridized carbons (Fsp3) is 0.619. The molecule has 3 N–H and O–H groups in total. The highest BCUT2D eigenvalue weighted by Crippen LogP contribution is 2.15. The second kappa shape index (κ2) is 13.3. The van der Waals surface area contributed by atoms with Crippen molar-refractivity contribution in [2.45, 2.75) is 77.4 Å². The van der Waals surface area contributed by atoms with E-state index in [2.05, 4.69) is 29.1 Å². The number of hydrogen-bond acceptors (Lipinski definition) is 4. The molecule has 0 aliphatic heterocycles. The van der Waals surface area contributed by atoms with Crippen molar-refractivity contribution in [3.63, 3.8) is 0 Å². The number of nitrogens with one attached hydrogen (secondary N) is 1. The first-order valence-electron chi connectivity index (χ1n) is 9.60. The predicted octanol–water partition coefficient (Wildman–Crippen LogP) is 3.10. The number of rotatable bonds is 11. The fourth-order valence-corrected chi connectivity index (χ4v) is 2.70. The van der Waals surface area contributed by atoms with Crippen LogP contribution in [0, 0.1) is 11.8 Å². The van der Waals surface area contributed by atoms with E-state index in [-0.39, 0.29) is 12.5 Å². The molecule has 0 aliphatic carbocycles. The average molecular weight is 360 g/mol. The van der Waals surface area contributed by atoms with E-state index in [0.717, 1.165) is 12.8 Å². The molecular weight excluding hydrogens is 328 g/mol. The van der Waals surface area contributed by atoms with E-state index >= 15 is 0 Å². The minimum absolute atomic E-state index is 0.311. The van der Waals surface area contributed by atoms with Gasteiger partial charge in [-0.05, 0) is 24.5 Å². The highest BCUT2D eigenvalue weighted by molar-refractivity contribution is 5.73. The van der Waals surface area contributed by atoms with Crippen LogP contribution in [0.1, 0.15) is 82.7 Å². The Labute approximate surface area is 157 Å². The van der Waals surface area contributed by atoms with Crippen molar-refractivity contribution in [1.82, 2.24) is 10.3 Å². The van der Waals surface area contributed by atoms with Gasteiger partial charge < -0.3 is 15.5 Å². The molecule has 5 heteroatoms. The van der Waals surface area contributed by atoms with Crippen molar-refractivity contribution in [3.05, 3.63) is 29.6 Å². The maximum atomic E-state index is 11.1. The van der Waals surface area contributed by atoms with E-state index in [4.69, 9.17) is 0 Å². The van der Waals surface area contributed by atoms with E-state index < -0.39 is 12.1 Å². The van der Waals surface area contributed by atoms with Crippen LogP contribution in [0.2, 0.25) is 0 Å². The van der Waals surface area contributed by atoms with Gasteiger partial charge in [0.05, 0.1) is 18.3 Å². The SMILES string of the molecule is CCCCCCCCCC#Cc1cccc(C(O)C(CO)NC(C)=O)n1. The van der Waals surface area contributed by atoms with Gasteiger partial charge >= 0.3 is 0 Å². The average Bonchev–Trinajstić information content (AvgIpc) is 2.64. The molecule has 0 saturated carbocycles. The monoisotopic (exact) mass is 360 g/mol. The number of unbranched alkanes of at least 4 members (excludes halogenated alkanes) is 7. The summed E-state index contributed by atoms with van der Waals surface area (Å²) in [5.74, 6) is 5.85. The van der Waals surface area contributed by atoms with Crippen molar-refractivity contribution in [3.8, 4) is 11.8 Å². The molecule has 0 aromatic carbocycles.